The Labute approximate surface area is 213 Å². The lowest BCUT2D eigenvalue weighted by atomic mass is 9.87. The Kier molecular flexibility index (Phi) is 7.13. The molecule has 0 aliphatic carbocycles. The number of rotatable bonds is 6. The van der Waals surface area contributed by atoms with Crippen LogP contribution in [0.5, 0.6) is 0 Å². The number of sulfonamides is 1. The first-order valence-corrected chi connectivity index (χ1v) is 13.9. The second kappa shape index (κ2) is 9.83. The number of Topliss-reactive ketones (excluding diaryl/α,β-unsaturated/α-hetero) is 1. The molecule has 10 nitrogen and oxygen atoms in total. The summed E-state index contributed by atoms with van der Waals surface area (Å²) in [5.74, 6) is -1.29. The van der Waals surface area contributed by atoms with Crippen LogP contribution in [0.15, 0.2) is 41.2 Å². The van der Waals surface area contributed by atoms with Crippen LogP contribution in [0.1, 0.15) is 54.5 Å². The second-order valence-corrected chi connectivity index (χ2v) is 12.7. The van der Waals surface area contributed by atoms with Gasteiger partial charge in [-0.3, -0.25) is 24.2 Å². The number of hydrogen-bond donors (Lipinski definition) is 1. The molecule has 0 bridgehead atoms. The van der Waals surface area contributed by atoms with Crippen molar-refractivity contribution in [1.82, 2.24) is 19.5 Å². The fourth-order valence-corrected chi connectivity index (χ4v) is 6.82. The van der Waals surface area contributed by atoms with Crippen LogP contribution in [0.25, 0.3) is 0 Å². The van der Waals surface area contributed by atoms with Crippen molar-refractivity contribution in [2.24, 2.45) is 5.41 Å². The maximum absolute atomic E-state index is 13.6. The third-order valence-electron chi connectivity index (χ3n) is 6.28. The molecule has 3 atom stereocenters. The summed E-state index contributed by atoms with van der Waals surface area (Å²) >= 11 is 1.36. The molecule has 2 fully saturated rings. The van der Waals surface area contributed by atoms with Crippen LogP contribution in [0.2, 0.25) is 0 Å². The van der Waals surface area contributed by atoms with E-state index in [9.17, 15) is 27.6 Å². The number of carbonyl (C=O) groups is 4. The molecule has 2 amide bonds. The number of likely N-dealkylation sites (tertiary alicyclic amines) is 1. The molecule has 12 heteroatoms. The van der Waals surface area contributed by atoms with E-state index >= 15 is 0 Å². The van der Waals surface area contributed by atoms with Crippen molar-refractivity contribution in [3.05, 3.63) is 52.5 Å². The first kappa shape index (κ1) is 26.1. The Balaban J connectivity index is 1.56. The highest BCUT2D eigenvalue weighted by Crippen LogP contribution is 2.34. The maximum Gasteiger partial charge on any atom is 0.310 e. The van der Waals surface area contributed by atoms with Gasteiger partial charge in [0.25, 0.3) is 15.9 Å². The zero-order valence-electron chi connectivity index (χ0n) is 20.2. The lowest BCUT2D eigenvalue weighted by Crippen LogP contribution is -2.53. The highest BCUT2D eigenvalue weighted by Gasteiger charge is 2.55. The number of carbonyl (C=O) groups excluding carboxylic acids is 4. The van der Waals surface area contributed by atoms with E-state index in [0.717, 1.165) is 4.31 Å². The van der Waals surface area contributed by atoms with E-state index in [2.05, 4.69) is 10.3 Å². The third-order valence-corrected chi connectivity index (χ3v) is 8.66. The first-order chi connectivity index (χ1) is 16.9. The molecule has 2 saturated heterocycles. The standard InChI is InChI=1S/C24H28N4O6S2/c1-24(2,3)12-17(26-21(30)15-8-11-35-14-15)22(31)27-10-7-18-20(27)19(29)13-28(18)36(33,34)23(32)16-6-4-5-9-25-16/h4-6,8-9,11,14,17-18,20H,7,10,12-13H2,1-3H3,(H,26,30). The van der Waals surface area contributed by atoms with Gasteiger partial charge < -0.3 is 10.2 Å². The van der Waals surface area contributed by atoms with E-state index in [0.29, 0.717) is 12.0 Å². The van der Waals surface area contributed by atoms with E-state index in [1.54, 1.807) is 22.9 Å². The van der Waals surface area contributed by atoms with Crippen molar-refractivity contribution in [1.29, 1.82) is 0 Å². The molecule has 4 heterocycles. The third kappa shape index (κ3) is 5.11. The summed E-state index contributed by atoms with van der Waals surface area (Å²) in [6.07, 6.45) is 1.85. The zero-order chi connectivity index (χ0) is 26.3. The van der Waals surface area contributed by atoms with Gasteiger partial charge in [0.05, 0.1) is 18.2 Å². The molecule has 0 aromatic carbocycles. The van der Waals surface area contributed by atoms with Crippen molar-refractivity contribution in [3.8, 4) is 0 Å². The van der Waals surface area contributed by atoms with Gasteiger partial charge in [0, 0.05) is 18.1 Å². The number of ketones is 1. The minimum Gasteiger partial charge on any atom is -0.340 e. The summed E-state index contributed by atoms with van der Waals surface area (Å²) < 4.78 is 27.1. The summed E-state index contributed by atoms with van der Waals surface area (Å²) in [7, 11) is -4.52. The van der Waals surface area contributed by atoms with Gasteiger partial charge in [0.1, 0.15) is 17.8 Å². The average Bonchev–Trinajstić information content (AvgIpc) is 3.56. The molecule has 0 saturated carbocycles. The van der Waals surface area contributed by atoms with Crippen molar-refractivity contribution in [3.63, 3.8) is 0 Å². The molecule has 0 radical (unpaired) electrons. The van der Waals surface area contributed by atoms with Crippen molar-refractivity contribution >= 4 is 44.1 Å². The quantitative estimate of drug-likeness (QED) is 0.599. The molecule has 3 unspecified atom stereocenters. The summed E-state index contributed by atoms with van der Waals surface area (Å²) in [6.45, 7) is 5.46. The fourth-order valence-electron chi connectivity index (χ4n) is 4.71. The van der Waals surface area contributed by atoms with Gasteiger partial charge in [0.15, 0.2) is 5.78 Å². The highest BCUT2D eigenvalue weighted by atomic mass is 32.2. The number of hydrogen-bond acceptors (Lipinski definition) is 8. The monoisotopic (exact) mass is 532 g/mol. The number of aromatic nitrogens is 1. The van der Waals surface area contributed by atoms with E-state index in [1.807, 2.05) is 20.8 Å². The van der Waals surface area contributed by atoms with Crippen LogP contribution < -0.4 is 5.32 Å². The number of thiophene rings is 1. The fraction of sp³-hybridized carbons (Fsp3) is 0.458. The van der Waals surface area contributed by atoms with E-state index < -0.39 is 57.4 Å². The average molecular weight is 533 g/mol. The summed E-state index contributed by atoms with van der Waals surface area (Å²) in [5.41, 5.74) is -0.111. The van der Waals surface area contributed by atoms with Gasteiger partial charge in [-0.25, -0.2) is 8.42 Å². The largest absolute Gasteiger partial charge is 0.340 e. The minimum atomic E-state index is -4.52. The van der Waals surface area contributed by atoms with E-state index in [1.165, 1.54) is 34.6 Å². The van der Waals surface area contributed by atoms with Crippen LogP contribution >= 0.6 is 11.3 Å². The summed E-state index contributed by atoms with van der Waals surface area (Å²) in [4.78, 5) is 57.3. The molecule has 4 rings (SSSR count). The van der Waals surface area contributed by atoms with Gasteiger partial charge in [-0.2, -0.15) is 15.6 Å². The Morgan fingerprint density at radius 3 is 2.58 bits per heavy atom. The SMILES string of the molecule is CC(C)(C)CC(NC(=O)c1ccsc1)C(=O)N1CCC2C1C(=O)CN2S(=O)(=O)C(=O)c1ccccn1. The number of nitrogens with one attached hydrogen (secondary N) is 1. The molecule has 1 N–H and O–H groups in total. The Morgan fingerprint density at radius 1 is 1.22 bits per heavy atom. The van der Waals surface area contributed by atoms with Gasteiger partial charge >= 0.3 is 5.12 Å². The Hall–Kier alpha value is -2.96. The van der Waals surface area contributed by atoms with Crippen molar-refractivity contribution < 1.29 is 27.6 Å². The lowest BCUT2D eigenvalue weighted by molar-refractivity contribution is -0.138. The first-order valence-electron chi connectivity index (χ1n) is 11.5. The van der Waals surface area contributed by atoms with Gasteiger partial charge in [-0.15, -0.1) is 0 Å². The zero-order valence-corrected chi connectivity index (χ0v) is 21.8. The van der Waals surface area contributed by atoms with Crippen LogP contribution in [0.3, 0.4) is 0 Å². The highest BCUT2D eigenvalue weighted by molar-refractivity contribution is 8.04. The molecule has 2 aromatic rings. The van der Waals surface area contributed by atoms with Gasteiger partial charge in [-0.1, -0.05) is 26.8 Å². The molecule has 2 aliphatic rings. The van der Waals surface area contributed by atoms with Crippen molar-refractivity contribution in [2.45, 2.75) is 51.7 Å². The van der Waals surface area contributed by atoms with Crippen LogP contribution in [0, 0.1) is 5.41 Å². The molecule has 2 aromatic heterocycles. The smallest absolute Gasteiger partial charge is 0.310 e. The van der Waals surface area contributed by atoms with Crippen LogP contribution in [-0.2, 0) is 19.6 Å². The number of amides is 2. The van der Waals surface area contributed by atoms with E-state index in [-0.39, 0.29) is 24.1 Å². The number of pyridine rings is 1. The second-order valence-electron chi connectivity index (χ2n) is 10.2. The van der Waals surface area contributed by atoms with Gasteiger partial charge in [-0.05, 0) is 41.8 Å². The molecular weight excluding hydrogens is 504 g/mol. The lowest BCUT2D eigenvalue weighted by Gasteiger charge is -2.31. The van der Waals surface area contributed by atoms with E-state index in [4.69, 9.17) is 0 Å². The molecular formula is C24H28N4O6S2. The van der Waals surface area contributed by atoms with Crippen LogP contribution in [-0.4, -0.2) is 76.5 Å². The predicted molar refractivity (Wildman–Crippen MR) is 133 cm³/mol. The Morgan fingerprint density at radius 2 is 1.97 bits per heavy atom. The molecule has 192 valence electrons. The molecule has 36 heavy (non-hydrogen) atoms. The minimum absolute atomic E-state index is 0.138. The molecule has 2 aliphatic heterocycles. The number of nitrogens with zero attached hydrogens (tertiary/aromatic N) is 3. The summed E-state index contributed by atoms with van der Waals surface area (Å²) in [6, 6.07) is 3.27. The maximum atomic E-state index is 13.6. The topological polar surface area (TPSA) is 134 Å². The predicted octanol–water partition coefficient (Wildman–Crippen LogP) is 1.70. The summed E-state index contributed by atoms with van der Waals surface area (Å²) in [5, 5.41) is 5.06. The van der Waals surface area contributed by atoms with Crippen molar-refractivity contribution in [2.75, 3.05) is 13.1 Å². The Bertz CT molecular complexity index is 1270. The molecule has 0 spiro atoms. The normalized spacial score (nSPS) is 21.3. The van der Waals surface area contributed by atoms with Gasteiger partial charge in [0.2, 0.25) is 5.91 Å². The van der Waals surface area contributed by atoms with Crippen LogP contribution in [0.4, 0.5) is 0 Å². The number of fused-ring (bicyclic) bond motifs is 1.